The first-order valence-corrected chi connectivity index (χ1v) is 5.04. The number of hydrogen-bond acceptors (Lipinski definition) is 5. The highest BCUT2D eigenvalue weighted by molar-refractivity contribution is 5.80. The zero-order valence-corrected chi connectivity index (χ0v) is 8.63. The fourth-order valence-corrected chi connectivity index (χ4v) is 1.63. The summed E-state index contributed by atoms with van der Waals surface area (Å²) in [5, 5.41) is 17.6. The van der Waals surface area contributed by atoms with Crippen molar-refractivity contribution < 1.29 is 19.7 Å². The lowest BCUT2D eigenvalue weighted by Gasteiger charge is -2.25. The second kappa shape index (κ2) is 6.02. The molecule has 2 unspecified atom stereocenters. The molecule has 1 heterocycles. The van der Waals surface area contributed by atoms with E-state index in [1.54, 1.807) is 0 Å². The molecule has 1 amide bonds. The van der Waals surface area contributed by atoms with Crippen LogP contribution in [0.4, 0.5) is 0 Å². The van der Waals surface area contributed by atoms with Gasteiger partial charge in [0.05, 0.1) is 32.3 Å². The Morgan fingerprint density at radius 3 is 2.33 bits per heavy atom. The number of amides is 1. The molecule has 6 nitrogen and oxygen atoms in total. The van der Waals surface area contributed by atoms with Gasteiger partial charge in [0.2, 0.25) is 5.91 Å². The van der Waals surface area contributed by atoms with Crippen molar-refractivity contribution in [1.29, 1.82) is 0 Å². The summed E-state index contributed by atoms with van der Waals surface area (Å²) in [6.45, 7) is 0.935. The quantitative estimate of drug-likeness (QED) is 0.485. The Morgan fingerprint density at radius 2 is 1.93 bits per heavy atom. The molecule has 1 aliphatic rings. The van der Waals surface area contributed by atoms with Crippen LogP contribution in [0.3, 0.4) is 0 Å². The lowest BCUT2D eigenvalue weighted by Crippen LogP contribution is -2.45. The average Bonchev–Trinajstić information content (AvgIpc) is 2.63. The Morgan fingerprint density at radius 1 is 1.33 bits per heavy atom. The standard InChI is InChI=1S/C9H18N2O4/c10-8-6-15-5-7(8)9(14)11(1-3-12)2-4-13/h7-8,12-13H,1-6,10H2. The van der Waals surface area contributed by atoms with E-state index in [2.05, 4.69) is 0 Å². The zero-order valence-electron chi connectivity index (χ0n) is 8.63. The van der Waals surface area contributed by atoms with Gasteiger partial charge in [-0.25, -0.2) is 0 Å². The number of aliphatic hydroxyl groups excluding tert-OH is 2. The number of aliphatic hydroxyl groups is 2. The number of nitrogens with two attached hydrogens (primary N) is 1. The van der Waals surface area contributed by atoms with Gasteiger partial charge in [-0.15, -0.1) is 0 Å². The summed E-state index contributed by atoms with van der Waals surface area (Å²) in [5.41, 5.74) is 5.71. The number of nitrogens with zero attached hydrogens (tertiary/aromatic N) is 1. The Kier molecular flexibility index (Phi) is 4.97. The van der Waals surface area contributed by atoms with Gasteiger partial charge >= 0.3 is 0 Å². The van der Waals surface area contributed by atoms with E-state index in [4.69, 9.17) is 20.7 Å². The summed E-state index contributed by atoms with van der Waals surface area (Å²) >= 11 is 0. The number of rotatable bonds is 5. The second-order valence-corrected chi connectivity index (χ2v) is 3.58. The highest BCUT2D eigenvalue weighted by atomic mass is 16.5. The highest BCUT2D eigenvalue weighted by Crippen LogP contribution is 2.14. The molecule has 0 saturated carbocycles. The summed E-state index contributed by atoms with van der Waals surface area (Å²) in [5.74, 6) is -0.494. The average molecular weight is 218 g/mol. The predicted molar refractivity (Wildman–Crippen MR) is 53.0 cm³/mol. The molecule has 6 heteroatoms. The van der Waals surface area contributed by atoms with Gasteiger partial charge in [0.25, 0.3) is 0 Å². The van der Waals surface area contributed by atoms with Crippen molar-refractivity contribution in [2.75, 3.05) is 39.5 Å². The maximum absolute atomic E-state index is 11.9. The van der Waals surface area contributed by atoms with Gasteiger partial charge < -0.3 is 25.6 Å². The molecule has 0 spiro atoms. The van der Waals surface area contributed by atoms with Crippen molar-refractivity contribution in [2.45, 2.75) is 6.04 Å². The summed E-state index contributed by atoms with van der Waals surface area (Å²) in [4.78, 5) is 13.3. The Hall–Kier alpha value is -0.690. The van der Waals surface area contributed by atoms with Gasteiger partial charge in [0.15, 0.2) is 0 Å². The molecule has 2 atom stereocenters. The molecule has 0 aromatic carbocycles. The lowest BCUT2D eigenvalue weighted by atomic mass is 10.0. The fraction of sp³-hybridized carbons (Fsp3) is 0.889. The Balaban J connectivity index is 2.54. The number of hydrogen-bond donors (Lipinski definition) is 3. The maximum atomic E-state index is 11.9. The van der Waals surface area contributed by atoms with Crippen LogP contribution in [0.25, 0.3) is 0 Å². The Labute approximate surface area is 88.6 Å². The summed E-state index contributed by atoms with van der Waals surface area (Å²) in [7, 11) is 0. The first-order chi connectivity index (χ1) is 7.20. The van der Waals surface area contributed by atoms with E-state index in [1.807, 2.05) is 0 Å². The molecule has 1 fully saturated rings. The van der Waals surface area contributed by atoms with E-state index >= 15 is 0 Å². The van der Waals surface area contributed by atoms with Crippen LogP contribution in [0.5, 0.6) is 0 Å². The number of carbonyl (C=O) groups excluding carboxylic acids is 1. The van der Waals surface area contributed by atoms with Crippen molar-refractivity contribution in [1.82, 2.24) is 4.90 Å². The van der Waals surface area contributed by atoms with Gasteiger partial charge in [-0.2, -0.15) is 0 Å². The van der Waals surface area contributed by atoms with E-state index in [0.717, 1.165) is 0 Å². The molecule has 1 aliphatic heterocycles. The van der Waals surface area contributed by atoms with Crippen LogP contribution in [-0.2, 0) is 9.53 Å². The molecule has 0 radical (unpaired) electrons. The molecular formula is C9H18N2O4. The molecule has 88 valence electrons. The number of ether oxygens (including phenoxy) is 1. The third-order valence-electron chi connectivity index (χ3n) is 2.49. The highest BCUT2D eigenvalue weighted by Gasteiger charge is 2.33. The van der Waals surface area contributed by atoms with E-state index in [1.165, 1.54) is 4.90 Å². The second-order valence-electron chi connectivity index (χ2n) is 3.58. The minimum Gasteiger partial charge on any atom is -0.395 e. The van der Waals surface area contributed by atoms with Gasteiger partial charge in [0.1, 0.15) is 0 Å². The minimum atomic E-state index is -0.344. The topological polar surface area (TPSA) is 96.0 Å². The van der Waals surface area contributed by atoms with Crippen LogP contribution in [0.1, 0.15) is 0 Å². The number of carbonyl (C=O) groups is 1. The van der Waals surface area contributed by atoms with Crippen molar-refractivity contribution in [3.8, 4) is 0 Å². The zero-order chi connectivity index (χ0) is 11.3. The smallest absolute Gasteiger partial charge is 0.229 e. The lowest BCUT2D eigenvalue weighted by molar-refractivity contribution is -0.136. The third-order valence-corrected chi connectivity index (χ3v) is 2.49. The minimum absolute atomic E-state index is 0.117. The molecule has 1 saturated heterocycles. The summed E-state index contributed by atoms with van der Waals surface area (Å²) < 4.78 is 5.10. The molecule has 4 N–H and O–H groups in total. The Bertz CT molecular complexity index is 206. The molecule has 0 aromatic heterocycles. The van der Waals surface area contributed by atoms with Gasteiger partial charge in [-0.3, -0.25) is 4.79 Å². The molecule has 0 aliphatic carbocycles. The molecule has 0 aromatic rings. The summed E-state index contributed by atoms with van der Waals surface area (Å²) in [6.07, 6.45) is 0. The van der Waals surface area contributed by atoms with Crippen molar-refractivity contribution in [2.24, 2.45) is 11.7 Å². The molecule has 1 rings (SSSR count). The fourth-order valence-electron chi connectivity index (χ4n) is 1.63. The van der Waals surface area contributed by atoms with Crippen molar-refractivity contribution >= 4 is 5.91 Å². The summed E-state index contributed by atoms with van der Waals surface area (Å²) in [6, 6.07) is -0.280. The van der Waals surface area contributed by atoms with Crippen LogP contribution in [0, 0.1) is 5.92 Å². The van der Waals surface area contributed by atoms with Crippen LogP contribution in [-0.4, -0.2) is 66.6 Å². The normalized spacial score (nSPS) is 25.5. The van der Waals surface area contributed by atoms with Crippen LogP contribution in [0.2, 0.25) is 0 Å². The molecule has 15 heavy (non-hydrogen) atoms. The SMILES string of the molecule is NC1COCC1C(=O)N(CCO)CCO. The van der Waals surface area contributed by atoms with Gasteiger partial charge in [-0.05, 0) is 0 Å². The monoisotopic (exact) mass is 218 g/mol. The third kappa shape index (κ3) is 3.13. The van der Waals surface area contributed by atoms with Gasteiger partial charge in [-0.1, -0.05) is 0 Å². The van der Waals surface area contributed by atoms with Crippen LogP contribution in [0.15, 0.2) is 0 Å². The van der Waals surface area contributed by atoms with Crippen LogP contribution < -0.4 is 5.73 Å². The van der Waals surface area contributed by atoms with E-state index in [0.29, 0.717) is 13.2 Å². The molecular weight excluding hydrogens is 200 g/mol. The first-order valence-electron chi connectivity index (χ1n) is 5.04. The van der Waals surface area contributed by atoms with Crippen molar-refractivity contribution in [3.05, 3.63) is 0 Å². The van der Waals surface area contributed by atoms with E-state index < -0.39 is 0 Å². The molecule has 0 bridgehead atoms. The van der Waals surface area contributed by atoms with E-state index in [9.17, 15) is 4.79 Å². The van der Waals surface area contributed by atoms with Crippen molar-refractivity contribution in [3.63, 3.8) is 0 Å². The predicted octanol–water partition coefficient (Wildman–Crippen LogP) is -2.23. The largest absolute Gasteiger partial charge is 0.395 e. The first kappa shape index (κ1) is 12.4. The van der Waals surface area contributed by atoms with Crippen LogP contribution >= 0.6 is 0 Å². The van der Waals surface area contributed by atoms with Gasteiger partial charge in [0, 0.05) is 19.1 Å². The van der Waals surface area contributed by atoms with E-state index in [-0.39, 0.29) is 44.2 Å². The maximum Gasteiger partial charge on any atom is 0.229 e.